The Bertz CT molecular complexity index is 387. The molecule has 0 spiro atoms. The molecular formula is C15H23NO. The molecule has 0 aliphatic carbocycles. The predicted molar refractivity (Wildman–Crippen MR) is 71.5 cm³/mol. The van der Waals surface area contributed by atoms with E-state index >= 15 is 0 Å². The van der Waals surface area contributed by atoms with E-state index in [1.807, 2.05) is 0 Å². The van der Waals surface area contributed by atoms with E-state index in [4.69, 9.17) is 4.74 Å². The summed E-state index contributed by atoms with van der Waals surface area (Å²) in [7, 11) is 1.73. The van der Waals surface area contributed by atoms with Crippen molar-refractivity contribution in [1.82, 2.24) is 5.32 Å². The van der Waals surface area contributed by atoms with Crippen molar-refractivity contribution in [3.63, 3.8) is 0 Å². The van der Waals surface area contributed by atoms with Crippen LogP contribution in [0.2, 0.25) is 0 Å². The van der Waals surface area contributed by atoms with Crippen molar-refractivity contribution in [3.05, 3.63) is 29.3 Å². The second kappa shape index (κ2) is 5.09. The number of ether oxygens (including phenoxy) is 1. The third-order valence-electron chi connectivity index (χ3n) is 3.73. The summed E-state index contributed by atoms with van der Waals surface area (Å²) in [5.41, 5.74) is 2.90. The summed E-state index contributed by atoms with van der Waals surface area (Å²) in [6, 6.07) is 7.57. The van der Waals surface area contributed by atoms with Gasteiger partial charge in [0.25, 0.3) is 0 Å². The van der Waals surface area contributed by atoms with E-state index < -0.39 is 0 Å². The number of nitrogens with one attached hydrogen (secondary N) is 1. The van der Waals surface area contributed by atoms with Crippen molar-refractivity contribution < 1.29 is 4.74 Å². The quantitative estimate of drug-likeness (QED) is 0.864. The van der Waals surface area contributed by atoms with Crippen LogP contribution in [0.15, 0.2) is 18.2 Å². The summed E-state index contributed by atoms with van der Waals surface area (Å²) in [6.45, 7) is 6.81. The molecule has 1 heterocycles. The third kappa shape index (κ3) is 2.47. The van der Waals surface area contributed by atoms with Crippen LogP contribution in [0.3, 0.4) is 0 Å². The summed E-state index contributed by atoms with van der Waals surface area (Å²) in [6.07, 6.45) is 2.33. The smallest absolute Gasteiger partial charge is 0.119 e. The van der Waals surface area contributed by atoms with Gasteiger partial charge in [0, 0.05) is 12.1 Å². The van der Waals surface area contributed by atoms with Gasteiger partial charge in [0.05, 0.1) is 7.11 Å². The molecule has 2 heteroatoms. The van der Waals surface area contributed by atoms with Crippen LogP contribution in [-0.4, -0.2) is 13.2 Å². The Hall–Kier alpha value is -1.02. The van der Waals surface area contributed by atoms with Gasteiger partial charge in [-0.3, -0.25) is 0 Å². The summed E-state index contributed by atoms with van der Waals surface area (Å²) in [4.78, 5) is 0. The maximum absolute atomic E-state index is 5.33. The summed E-state index contributed by atoms with van der Waals surface area (Å²) < 4.78 is 5.33. The first kappa shape index (κ1) is 12.4. The lowest BCUT2D eigenvalue weighted by Gasteiger charge is -2.35. The van der Waals surface area contributed by atoms with Crippen LogP contribution in [0, 0.1) is 5.92 Å². The molecule has 2 nitrogen and oxygen atoms in total. The molecule has 2 atom stereocenters. The van der Waals surface area contributed by atoms with Crippen LogP contribution in [-0.2, 0) is 6.42 Å². The van der Waals surface area contributed by atoms with Gasteiger partial charge in [-0.2, -0.15) is 0 Å². The summed E-state index contributed by atoms with van der Waals surface area (Å²) in [5.74, 6) is 1.57. The molecule has 94 valence electrons. The first-order chi connectivity index (χ1) is 8.15. The molecule has 0 saturated heterocycles. The van der Waals surface area contributed by atoms with Gasteiger partial charge >= 0.3 is 0 Å². The van der Waals surface area contributed by atoms with E-state index in [0.29, 0.717) is 18.0 Å². The monoisotopic (exact) mass is 233 g/mol. The molecule has 1 N–H and O–H groups in total. The number of benzene rings is 1. The first-order valence-corrected chi connectivity index (χ1v) is 6.58. The zero-order valence-corrected chi connectivity index (χ0v) is 11.3. The molecule has 1 aromatic carbocycles. The Balaban J connectivity index is 2.38. The van der Waals surface area contributed by atoms with Gasteiger partial charge in [-0.25, -0.2) is 0 Å². The Labute approximate surface area is 104 Å². The molecule has 0 fully saturated rings. The Morgan fingerprint density at radius 3 is 2.76 bits per heavy atom. The number of fused-ring (bicyclic) bond motifs is 1. The minimum absolute atomic E-state index is 0.457. The lowest BCUT2D eigenvalue weighted by atomic mass is 9.84. The minimum Gasteiger partial charge on any atom is -0.497 e. The van der Waals surface area contributed by atoms with Crippen molar-refractivity contribution >= 4 is 0 Å². The maximum atomic E-state index is 5.33. The van der Waals surface area contributed by atoms with Gasteiger partial charge in [0.1, 0.15) is 5.75 Å². The number of methoxy groups -OCH3 is 1. The first-order valence-electron chi connectivity index (χ1n) is 6.58. The molecule has 0 aromatic heterocycles. The number of hydrogen-bond donors (Lipinski definition) is 1. The molecule has 0 bridgehead atoms. The molecule has 17 heavy (non-hydrogen) atoms. The van der Waals surface area contributed by atoms with Gasteiger partial charge in [-0.05, 0) is 42.0 Å². The fraction of sp³-hybridized carbons (Fsp3) is 0.600. The number of hydrogen-bond acceptors (Lipinski definition) is 2. The minimum atomic E-state index is 0.457. The number of rotatable bonds is 3. The Morgan fingerprint density at radius 2 is 2.18 bits per heavy atom. The zero-order valence-electron chi connectivity index (χ0n) is 11.3. The summed E-state index contributed by atoms with van der Waals surface area (Å²) in [5, 5.41) is 3.75. The van der Waals surface area contributed by atoms with Gasteiger partial charge in [-0.1, -0.05) is 26.8 Å². The average Bonchev–Trinajstić information content (AvgIpc) is 2.36. The van der Waals surface area contributed by atoms with Crippen LogP contribution >= 0.6 is 0 Å². The van der Waals surface area contributed by atoms with E-state index in [2.05, 4.69) is 44.3 Å². The van der Waals surface area contributed by atoms with Crippen LogP contribution in [0.1, 0.15) is 44.4 Å². The zero-order chi connectivity index (χ0) is 12.4. The lowest BCUT2D eigenvalue weighted by Crippen LogP contribution is -2.41. The highest BCUT2D eigenvalue weighted by Gasteiger charge is 2.27. The van der Waals surface area contributed by atoms with Gasteiger partial charge < -0.3 is 10.1 Å². The highest BCUT2D eigenvalue weighted by Crippen LogP contribution is 2.33. The SMILES string of the molecule is CCC1Cc2ccc(OC)cc2C(C(C)C)N1. The fourth-order valence-corrected chi connectivity index (χ4v) is 2.66. The van der Waals surface area contributed by atoms with Crippen LogP contribution in [0.5, 0.6) is 5.75 Å². The highest BCUT2D eigenvalue weighted by atomic mass is 16.5. The van der Waals surface area contributed by atoms with Crippen molar-refractivity contribution in [3.8, 4) is 5.75 Å². The Morgan fingerprint density at radius 1 is 1.41 bits per heavy atom. The van der Waals surface area contributed by atoms with E-state index in [9.17, 15) is 0 Å². The van der Waals surface area contributed by atoms with Crippen LogP contribution in [0.4, 0.5) is 0 Å². The van der Waals surface area contributed by atoms with Crippen molar-refractivity contribution in [2.24, 2.45) is 5.92 Å². The second-order valence-electron chi connectivity index (χ2n) is 5.26. The standard InChI is InChI=1S/C15H23NO/c1-5-12-8-11-6-7-13(17-4)9-14(11)15(16-12)10(2)3/h6-7,9-10,12,15-16H,5,8H2,1-4H3. The van der Waals surface area contributed by atoms with E-state index in [-0.39, 0.29) is 0 Å². The van der Waals surface area contributed by atoms with Crippen molar-refractivity contribution in [1.29, 1.82) is 0 Å². The van der Waals surface area contributed by atoms with E-state index in [1.165, 1.54) is 17.5 Å². The molecule has 1 aliphatic rings. The lowest BCUT2D eigenvalue weighted by molar-refractivity contribution is 0.326. The molecular weight excluding hydrogens is 210 g/mol. The second-order valence-corrected chi connectivity index (χ2v) is 5.26. The van der Waals surface area contributed by atoms with Gasteiger partial charge in [-0.15, -0.1) is 0 Å². The Kier molecular flexibility index (Phi) is 3.72. The van der Waals surface area contributed by atoms with Crippen LogP contribution in [0.25, 0.3) is 0 Å². The normalized spacial score (nSPS) is 23.6. The largest absolute Gasteiger partial charge is 0.497 e. The molecule has 1 aromatic rings. The fourth-order valence-electron chi connectivity index (χ4n) is 2.66. The molecule has 0 radical (unpaired) electrons. The molecule has 0 saturated carbocycles. The van der Waals surface area contributed by atoms with E-state index in [1.54, 1.807) is 7.11 Å². The van der Waals surface area contributed by atoms with Crippen molar-refractivity contribution in [2.75, 3.05) is 7.11 Å². The van der Waals surface area contributed by atoms with Crippen molar-refractivity contribution in [2.45, 2.75) is 45.7 Å². The summed E-state index contributed by atoms with van der Waals surface area (Å²) >= 11 is 0. The molecule has 1 aliphatic heterocycles. The van der Waals surface area contributed by atoms with Crippen LogP contribution < -0.4 is 10.1 Å². The third-order valence-corrected chi connectivity index (χ3v) is 3.73. The van der Waals surface area contributed by atoms with E-state index in [0.717, 1.165) is 12.2 Å². The van der Waals surface area contributed by atoms with Gasteiger partial charge in [0.2, 0.25) is 0 Å². The van der Waals surface area contributed by atoms with Gasteiger partial charge in [0.15, 0.2) is 0 Å². The molecule has 2 unspecified atom stereocenters. The molecule has 0 amide bonds. The maximum Gasteiger partial charge on any atom is 0.119 e. The average molecular weight is 233 g/mol. The molecule has 2 rings (SSSR count). The topological polar surface area (TPSA) is 21.3 Å². The highest BCUT2D eigenvalue weighted by molar-refractivity contribution is 5.40. The predicted octanol–water partition coefficient (Wildman–Crippen LogP) is 3.32.